The van der Waals surface area contributed by atoms with Gasteiger partial charge in [0.2, 0.25) is 0 Å². The van der Waals surface area contributed by atoms with Gasteiger partial charge in [-0.3, -0.25) is 4.99 Å². The first-order valence-corrected chi connectivity index (χ1v) is 9.14. The van der Waals surface area contributed by atoms with Gasteiger partial charge in [0.1, 0.15) is 0 Å². The lowest BCUT2D eigenvalue weighted by molar-refractivity contribution is 0.264. The molecule has 0 amide bonds. The van der Waals surface area contributed by atoms with E-state index in [1.807, 2.05) is 0 Å². The van der Waals surface area contributed by atoms with Crippen LogP contribution >= 0.6 is 0 Å². The standard InChI is InChI=1S/C20H31NO2/c1-5-11-22-19-16(14-17(7-3)21-4)13-15-9-8-10-18(15)20(19)23-12-6-2/h13,17H,4-12,14H2,1-3H3. The molecule has 3 nitrogen and oxygen atoms in total. The van der Waals surface area contributed by atoms with Gasteiger partial charge in [-0.1, -0.05) is 26.8 Å². The molecule has 128 valence electrons. The largest absolute Gasteiger partial charge is 0.489 e. The maximum atomic E-state index is 6.14. The van der Waals surface area contributed by atoms with E-state index in [4.69, 9.17) is 9.47 Å². The molecular formula is C20H31NO2. The Bertz CT molecular complexity index is 525. The van der Waals surface area contributed by atoms with Crippen molar-refractivity contribution >= 4 is 6.72 Å². The highest BCUT2D eigenvalue weighted by Gasteiger charge is 2.24. The lowest BCUT2D eigenvalue weighted by Crippen LogP contribution is -2.11. The molecule has 0 radical (unpaired) electrons. The smallest absolute Gasteiger partial charge is 0.164 e. The molecule has 2 rings (SSSR count). The number of hydrogen-bond acceptors (Lipinski definition) is 3. The summed E-state index contributed by atoms with van der Waals surface area (Å²) in [5.74, 6) is 1.97. The fourth-order valence-corrected chi connectivity index (χ4v) is 3.21. The summed E-state index contributed by atoms with van der Waals surface area (Å²) in [7, 11) is 0. The first kappa shape index (κ1) is 17.8. The van der Waals surface area contributed by atoms with E-state index in [0.29, 0.717) is 0 Å². The third kappa shape index (κ3) is 4.27. The SMILES string of the molecule is C=NC(CC)Cc1cc2c(c(OCCC)c1OCCC)CCC2. The van der Waals surface area contributed by atoms with Crippen LogP contribution in [0.3, 0.4) is 0 Å². The highest BCUT2D eigenvalue weighted by molar-refractivity contribution is 5.57. The molecule has 0 N–H and O–H groups in total. The predicted octanol–water partition coefficient (Wildman–Crippen LogP) is 4.77. The molecule has 0 spiro atoms. The summed E-state index contributed by atoms with van der Waals surface area (Å²) in [5, 5.41) is 0. The van der Waals surface area contributed by atoms with E-state index in [0.717, 1.165) is 63.2 Å². The Morgan fingerprint density at radius 3 is 2.39 bits per heavy atom. The summed E-state index contributed by atoms with van der Waals surface area (Å²) < 4.78 is 12.3. The van der Waals surface area contributed by atoms with Crippen molar-refractivity contribution in [3.8, 4) is 11.5 Å². The molecule has 1 aliphatic carbocycles. The van der Waals surface area contributed by atoms with Crippen LogP contribution in [-0.2, 0) is 19.3 Å². The lowest BCUT2D eigenvalue weighted by atomic mass is 9.97. The van der Waals surface area contributed by atoms with Crippen LogP contribution in [0.2, 0.25) is 0 Å². The number of aryl methyl sites for hydroxylation is 1. The van der Waals surface area contributed by atoms with Crippen molar-refractivity contribution in [2.45, 2.75) is 71.8 Å². The molecule has 3 heteroatoms. The van der Waals surface area contributed by atoms with E-state index in [2.05, 4.69) is 38.5 Å². The van der Waals surface area contributed by atoms with E-state index in [1.54, 1.807) is 0 Å². The van der Waals surface area contributed by atoms with Crippen LogP contribution in [0, 0.1) is 0 Å². The van der Waals surface area contributed by atoms with Gasteiger partial charge in [0.25, 0.3) is 0 Å². The average Bonchev–Trinajstić information content (AvgIpc) is 3.04. The van der Waals surface area contributed by atoms with Crippen molar-refractivity contribution in [3.05, 3.63) is 22.8 Å². The molecule has 0 saturated heterocycles. The van der Waals surface area contributed by atoms with E-state index in [1.165, 1.54) is 23.1 Å². The van der Waals surface area contributed by atoms with Crippen LogP contribution in [0.4, 0.5) is 0 Å². The number of benzene rings is 1. The second kappa shape index (κ2) is 8.95. The minimum atomic E-state index is 0.248. The minimum Gasteiger partial charge on any atom is -0.489 e. The number of fused-ring (bicyclic) bond motifs is 1. The van der Waals surface area contributed by atoms with Crippen molar-refractivity contribution in [2.24, 2.45) is 4.99 Å². The predicted molar refractivity (Wildman–Crippen MR) is 97.4 cm³/mol. The molecule has 0 bridgehead atoms. The van der Waals surface area contributed by atoms with Crippen molar-refractivity contribution in [1.29, 1.82) is 0 Å². The fourth-order valence-electron chi connectivity index (χ4n) is 3.21. The first-order valence-electron chi connectivity index (χ1n) is 9.14. The number of hydrogen-bond donors (Lipinski definition) is 0. The van der Waals surface area contributed by atoms with Crippen molar-refractivity contribution in [1.82, 2.24) is 0 Å². The molecule has 1 unspecified atom stereocenters. The maximum Gasteiger partial charge on any atom is 0.164 e. The second-order valence-electron chi connectivity index (χ2n) is 6.33. The van der Waals surface area contributed by atoms with Gasteiger partial charge in [-0.25, -0.2) is 0 Å². The van der Waals surface area contributed by atoms with Gasteiger partial charge >= 0.3 is 0 Å². The highest BCUT2D eigenvalue weighted by Crippen LogP contribution is 2.42. The van der Waals surface area contributed by atoms with Crippen LogP contribution < -0.4 is 9.47 Å². The summed E-state index contributed by atoms with van der Waals surface area (Å²) in [6, 6.07) is 2.58. The Labute approximate surface area is 141 Å². The normalized spacial score (nSPS) is 14.4. The Morgan fingerprint density at radius 1 is 1.09 bits per heavy atom. The molecule has 1 aliphatic rings. The summed E-state index contributed by atoms with van der Waals surface area (Å²) in [5.41, 5.74) is 4.05. The second-order valence-corrected chi connectivity index (χ2v) is 6.33. The molecule has 23 heavy (non-hydrogen) atoms. The topological polar surface area (TPSA) is 30.8 Å². The van der Waals surface area contributed by atoms with Gasteiger partial charge in [0.15, 0.2) is 11.5 Å². The van der Waals surface area contributed by atoms with Crippen LogP contribution in [0.5, 0.6) is 11.5 Å². The number of ether oxygens (including phenoxy) is 2. The Balaban J connectivity index is 2.43. The summed E-state index contributed by atoms with van der Waals surface area (Å²) >= 11 is 0. The minimum absolute atomic E-state index is 0.248. The molecule has 1 atom stereocenters. The van der Waals surface area contributed by atoms with Gasteiger partial charge in [-0.2, -0.15) is 0 Å². The number of aliphatic imine (C=N–C) groups is 1. The van der Waals surface area contributed by atoms with Crippen molar-refractivity contribution in [2.75, 3.05) is 13.2 Å². The lowest BCUT2D eigenvalue weighted by Gasteiger charge is -2.21. The average molecular weight is 317 g/mol. The van der Waals surface area contributed by atoms with Gasteiger partial charge in [-0.05, 0) is 57.2 Å². The van der Waals surface area contributed by atoms with E-state index in [-0.39, 0.29) is 6.04 Å². The Kier molecular flexibility index (Phi) is 6.94. The van der Waals surface area contributed by atoms with Gasteiger partial charge in [0, 0.05) is 11.1 Å². The number of nitrogens with zero attached hydrogens (tertiary/aromatic N) is 1. The third-order valence-corrected chi connectivity index (χ3v) is 4.47. The van der Waals surface area contributed by atoms with Crippen LogP contribution in [-0.4, -0.2) is 26.0 Å². The van der Waals surface area contributed by atoms with Gasteiger partial charge in [0.05, 0.1) is 19.3 Å². The van der Waals surface area contributed by atoms with Crippen LogP contribution in [0.15, 0.2) is 11.1 Å². The van der Waals surface area contributed by atoms with E-state index < -0.39 is 0 Å². The molecule has 1 aromatic rings. The Morgan fingerprint density at radius 2 is 1.78 bits per heavy atom. The van der Waals surface area contributed by atoms with Crippen LogP contribution in [0.25, 0.3) is 0 Å². The summed E-state index contributed by atoms with van der Waals surface area (Å²) in [6.45, 7) is 11.7. The zero-order valence-electron chi connectivity index (χ0n) is 15.0. The van der Waals surface area contributed by atoms with E-state index in [9.17, 15) is 0 Å². The molecule has 0 aromatic heterocycles. The summed E-state index contributed by atoms with van der Waals surface area (Å²) in [6.07, 6.45) is 7.36. The molecule has 1 aromatic carbocycles. The zero-order chi connectivity index (χ0) is 16.7. The Hall–Kier alpha value is -1.51. The molecular weight excluding hydrogens is 286 g/mol. The van der Waals surface area contributed by atoms with Crippen molar-refractivity contribution in [3.63, 3.8) is 0 Å². The van der Waals surface area contributed by atoms with E-state index >= 15 is 0 Å². The summed E-state index contributed by atoms with van der Waals surface area (Å²) in [4.78, 5) is 4.26. The molecule has 0 saturated carbocycles. The molecule has 0 fully saturated rings. The van der Waals surface area contributed by atoms with Gasteiger partial charge in [-0.15, -0.1) is 0 Å². The molecule has 0 aliphatic heterocycles. The monoisotopic (exact) mass is 317 g/mol. The zero-order valence-corrected chi connectivity index (χ0v) is 15.0. The molecule has 0 heterocycles. The first-order chi connectivity index (χ1) is 11.2. The van der Waals surface area contributed by atoms with Crippen molar-refractivity contribution < 1.29 is 9.47 Å². The fraction of sp³-hybridized carbons (Fsp3) is 0.650. The third-order valence-electron chi connectivity index (χ3n) is 4.47. The highest BCUT2D eigenvalue weighted by atomic mass is 16.5. The van der Waals surface area contributed by atoms with Crippen LogP contribution in [0.1, 0.15) is 63.1 Å². The number of rotatable bonds is 10. The maximum absolute atomic E-state index is 6.14. The quantitative estimate of drug-likeness (QED) is 0.582. The van der Waals surface area contributed by atoms with Gasteiger partial charge < -0.3 is 9.47 Å².